The van der Waals surface area contributed by atoms with E-state index in [4.69, 9.17) is 0 Å². The van der Waals surface area contributed by atoms with Gasteiger partial charge in [-0.3, -0.25) is 0 Å². The van der Waals surface area contributed by atoms with Crippen LogP contribution in [0.4, 0.5) is 27.5 Å². The minimum Gasteiger partial charge on any atom is -0.339 e. The van der Waals surface area contributed by atoms with Crippen molar-refractivity contribution in [1.82, 2.24) is 15.2 Å². The van der Waals surface area contributed by atoms with E-state index in [1.807, 2.05) is 18.2 Å². The number of benzene rings is 2. The van der Waals surface area contributed by atoms with E-state index in [1.165, 1.54) is 23.9 Å². The van der Waals surface area contributed by atoms with Crippen molar-refractivity contribution in [3.8, 4) is 0 Å². The van der Waals surface area contributed by atoms with Crippen molar-refractivity contribution in [2.45, 2.75) is 19.8 Å². The molecule has 0 saturated heterocycles. The second kappa shape index (κ2) is 7.04. The molecule has 0 unspecified atom stereocenters. The van der Waals surface area contributed by atoms with Gasteiger partial charge in [0.1, 0.15) is 5.82 Å². The van der Waals surface area contributed by atoms with Gasteiger partial charge in [0.25, 0.3) is 0 Å². The maximum atomic E-state index is 13.3. The summed E-state index contributed by atoms with van der Waals surface area (Å²) in [6, 6.07) is 14.2. The Hall–Kier alpha value is -3.02. The quantitative estimate of drug-likeness (QED) is 0.717. The Morgan fingerprint density at radius 2 is 1.83 bits per heavy atom. The van der Waals surface area contributed by atoms with Gasteiger partial charge >= 0.3 is 0 Å². The zero-order chi connectivity index (χ0) is 16.9. The van der Waals surface area contributed by atoms with Gasteiger partial charge in [0.05, 0.1) is 6.20 Å². The number of para-hydroxylation sites is 1. The maximum absolute atomic E-state index is 13.3. The molecule has 0 fully saturated rings. The number of nitrogens with zero attached hydrogens (tertiary/aromatic N) is 3. The van der Waals surface area contributed by atoms with Crippen LogP contribution in [-0.4, -0.2) is 15.2 Å². The molecule has 2 N–H and O–H groups in total. The highest BCUT2D eigenvalue weighted by Gasteiger charge is 2.08. The number of nitrogens with one attached hydrogen (secondary N) is 2. The molecular weight excluding hydrogens is 305 g/mol. The second-order valence-electron chi connectivity index (χ2n) is 5.67. The van der Waals surface area contributed by atoms with Crippen molar-refractivity contribution >= 4 is 23.1 Å². The van der Waals surface area contributed by atoms with Crippen molar-refractivity contribution in [3.63, 3.8) is 0 Å². The van der Waals surface area contributed by atoms with Crippen LogP contribution in [0, 0.1) is 5.82 Å². The fraction of sp³-hybridized carbons (Fsp3) is 0.167. The Morgan fingerprint density at radius 1 is 1.00 bits per heavy atom. The van der Waals surface area contributed by atoms with Gasteiger partial charge in [-0.05, 0) is 35.7 Å². The summed E-state index contributed by atoms with van der Waals surface area (Å²) in [5.41, 5.74) is 2.71. The molecule has 0 atom stereocenters. The second-order valence-corrected chi connectivity index (χ2v) is 5.67. The molecule has 0 radical (unpaired) electrons. The Morgan fingerprint density at radius 3 is 2.62 bits per heavy atom. The van der Waals surface area contributed by atoms with Crippen LogP contribution in [-0.2, 0) is 0 Å². The van der Waals surface area contributed by atoms with E-state index in [0.29, 0.717) is 23.4 Å². The van der Waals surface area contributed by atoms with E-state index in [1.54, 1.807) is 12.1 Å². The van der Waals surface area contributed by atoms with E-state index in [9.17, 15) is 4.39 Å². The minimum atomic E-state index is -0.314. The SMILES string of the molecule is CC(C)c1ccccc1Nc1nncc(Nc2cccc(F)c2)n1. The van der Waals surface area contributed by atoms with E-state index < -0.39 is 0 Å². The molecule has 0 saturated carbocycles. The van der Waals surface area contributed by atoms with Gasteiger partial charge in [-0.2, -0.15) is 10.1 Å². The number of rotatable bonds is 5. The summed E-state index contributed by atoms with van der Waals surface area (Å²) in [7, 11) is 0. The van der Waals surface area contributed by atoms with Crippen molar-refractivity contribution in [2.24, 2.45) is 0 Å². The van der Waals surface area contributed by atoms with E-state index in [0.717, 1.165) is 5.69 Å². The van der Waals surface area contributed by atoms with Crippen LogP contribution in [0.15, 0.2) is 54.7 Å². The van der Waals surface area contributed by atoms with E-state index in [-0.39, 0.29) is 5.82 Å². The summed E-state index contributed by atoms with van der Waals surface area (Å²) < 4.78 is 13.3. The lowest BCUT2D eigenvalue weighted by Gasteiger charge is -2.13. The van der Waals surface area contributed by atoms with Gasteiger partial charge < -0.3 is 10.6 Å². The van der Waals surface area contributed by atoms with Crippen molar-refractivity contribution in [2.75, 3.05) is 10.6 Å². The highest BCUT2D eigenvalue weighted by atomic mass is 19.1. The molecule has 1 heterocycles. The summed E-state index contributed by atoms with van der Waals surface area (Å²) in [6.45, 7) is 4.25. The van der Waals surface area contributed by atoms with Crippen molar-refractivity contribution in [1.29, 1.82) is 0 Å². The molecule has 6 heteroatoms. The molecule has 0 aliphatic heterocycles. The molecule has 5 nitrogen and oxygen atoms in total. The van der Waals surface area contributed by atoms with E-state index >= 15 is 0 Å². The molecule has 2 aromatic carbocycles. The summed E-state index contributed by atoms with van der Waals surface area (Å²) in [5.74, 6) is 0.922. The molecule has 24 heavy (non-hydrogen) atoms. The molecular formula is C18H18FN5. The van der Waals surface area contributed by atoms with Crippen LogP contribution in [0.1, 0.15) is 25.3 Å². The Balaban J connectivity index is 1.81. The number of anilines is 4. The third-order valence-electron chi connectivity index (χ3n) is 3.49. The normalized spacial score (nSPS) is 10.7. The lowest BCUT2D eigenvalue weighted by atomic mass is 10.0. The zero-order valence-electron chi connectivity index (χ0n) is 13.5. The molecule has 3 rings (SSSR count). The van der Waals surface area contributed by atoms with Crippen LogP contribution in [0.2, 0.25) is 0 Å². The zero-order valence-corrected chi connectivity index (χ0v) is 13.5. The van der Waals surface area contributed by atoms with Crippen LogP contribution in [0.3, 0.4) is 0 Å². The monoisotopic (exact) mass is 323 g/mol. The third-order valence-corrected chi connectivity index (χ3v) is 3.49. The molecule has 3 aromatic rings. The Labute approximate surface area is 140 Å². The Bertz CT molecular complexity index is 835. The first kappa shape index (κ1) is 15.9. The van der Waals surface area contributed by atoms with Gasteiger partial charge in [-0.1, -0.05) is 38.1 Å². The highest BCUT2D eigenvalue weighted by molar-refractivity contribution is 5.61. The summed E-state index contributed by atoms with van der Waals surface area (Å²) in [6.07, 6.45) is 1.49. The lowest BCUT2D eigenvalue weighted by Crippen LogP contribution is -2.04. The smallest absolute Gasteiger partial charge is 0.249 e. The molecule has 0 aliphatic rings. The predicted octanol–water partition coefficient (Wildman–Crippen LogP) is 4.62. The number of aromatic nitrogens is 3. The first-order valence-corrected chi connectivity index (χ1v) is 7.70. The average Bonchev–Trinajstić information content (AvgIpc) is 2.55. The summed E-state index contributed by atoms with van der Waals surface area (Å²) in [5, 5.41) is 14.2. The highest BCUT2D eigenvalue weighted by Crippen LogP contribution is 2.26. The van der Waals surface area contributed by atoms with Crippen LogP contribution >= 0.6 is 0 Å². The Kier molecular flexibility index (Phi) is 4.65. The van der Waals surface area contributed by atoms with Gasteiger partial charge in [0.15, 0.2) is 5.82 Å². The predicted molar refractivity (Wildman–Crippen MR) is 93.3 cm³/mol. The number of hydrogen-bond acceptors (Lipinski definition) is 5. The van der Waals surface area contributed by atoms with Crippen LogP contribution < -0.4 is 10.6 Å². The molecule has 0 amide bonds. The standard InChI is InChI=1S/C18H18FN5/c1-12(2)15-8-3-4-9-16(15)22-18-23-17(11-20-24-18)21-14-7-5-6-13(19)10-14/h3-12H,1-2H3,(H2,21,22,23,24). The first-order valence-electron chi connectivity index (χ1n) is 7.70. The molecule has 0 spiro atoms. The van der Waals surface area contributed by atoms with Crippen molar-refractivity contribution < 1.29 is 4.39 Å². The summed E-state index contributed by atoms with van der Waals surface area (Å²) in [4.78, 5) is 4.38. The lowest BCUT2D eigenvalue weighted by molar-refractivity contribution is 0.628. The molecule has 0 bridgehead atoms. The van der Waals surface area contributed by atoms with Gasteiger partial charge in [-0.15, -0.1) is 5.10 Å². The minimum absolute atomic E-state index is 0.314. The number of halogens is 1. The van der Waals surface area contributed by atoms with Crippen LogP contribution in [0.5, 0.6) is 0 Å². The largest absolute Gasteiger partial charge is 0.339 e. The van der Waals surface area contributed by atoms with Gasteiger partial charge in [-0.25, -0.2) is 4.39 Å². The van der Waals surface area contributed by atoms with Gasteiger partial charge in [0.2, 0.25) is 5.95 Å². The fourth-order valence-corrected chi connectivity index (χ4v) is 2.37. The van der Waals surface area contributed by atoms with Crippen LogP contribution in [0.25, 0.3) is 0 Å². The van der Waals surface area contributed by atoms with E-state index in [2.05, 4.69) is 45.7 Å². The molecule has 122 valence electrons. The number of hydrogen-bond donors (Lipinski definition) is 2. The first-order chi connectivity index (χ1) is 11.6. The average molecular weight is 323 g/mol. The summed E-state index contributed by atoms with van der Waals surface area (Å²) >= 11 is 0. The maximum Gasteiger partial charge on any atom is 0.249 e. The molecule has 1 aromatic heterocycles. The third kappa shape index (κ3) is 3.84. The molecule has 0 aliphatic carbocycles. The van der Waals surface area contributed by atoms with Gasteiger partial charge in [0, 0.05) is 11.4 Å². The topological polar surface area (TPSA) is 62.7 Å². The van der Waals surface area contributed by atoms with Crippen molar-refractivity contribution in [3.05, 3.63) is 66.1 Å². The fourth-order valence-electron chi connectivity index (χ4n) is 2.37.